The molecule has 1 aromatic rings. The fourth-order valence-electron chi connectivity index (χ4n) is 2.44. The third-order valence-electron chi connectivity index (χ3n) is 3.32. The molecule has 2 N–H and O–H groups in total. The number of hydrogen-bond acceptors (Lipinski definition) is 5. The average Bonchev–Trinajstić information content (AvgIpc) is 2.50. The number of rotatable bonds is 2. The Kier molecular flexibility index (Phi) is 3.91. The molecular formula is C12H21N5. The smallest absolute Gasteiger partial charge is 0.156 e. The lowest BCUT2D eigenvalue weighted by molar-refractivity contribution is 0.337. The van der Waals surface area contributed by atoms with Gasteiger partial charge in [-0.05, 0) is 33.0 Å². The van der Waals surface area contributed by atoms with Gasteiger partial charge in [0, 0.05) is 31.2 Å². The molecule has 2 heterocycles. The van der Waals surface area contributed by atoms with Gasteiger partial charge in [-0.25, -0.2) is 0 Å². The summed E-state index contributed by atoms with van der Waals surface area (Å²) >= 11 is 0. The largest absolute Gasteiger partial charge is 0.351 e. The van der Waals surface area contributed by atoms with E-state index in [1.807, 2.05) is 6.07 Å². The molecule has 1 atom stereocenters. The minimum Gasteiger partial charge on any atom is -0.351 e. The number of hydrogen-bond donors (Lipinski definition) is 1. The fourth-order valence-corrected chi connectivity index (χ4v) is 2.44. The molecule has 5 nitrogen and oxygen atoms in total. The van der Waals surface area contributed by atoms with E-state index in [2.05, 4.69) is 34.0 Å². The summed E-state index contributed by atoms with van der Waals surface area (Å²) in [6, 6.07) is 2.41. The van der Waals surface area contributed by atoms with Crippen LogP contribution in [-0.2, 0) is 6.54 Å². The summed E-state index contributed by atoms with van der Waals surface area (Å²) in [6.07, 6.45) is 2.86. The molecule has 1 aliphatic heterocycles. The molecule has 0 spiro atoms. The predicted molar refractivity (Wildman–Crippen MR) is 68.8 cm³/mol. The first-order valence-electron chi connectivity index (χ1n) is 6.18. The molecule has 1 aromatic heterocycles. The molecular weight excluding hydrogens is 214 g/mol. The summed E-state index contributed by atoms with van der Waals surface area (Å²) in [5.74, 6) is 0.956. The van der Waals surface area contributed by atoms with Crippen LogP contribution in [0.5, 0.6) is 0 Å². The molecule has 94 valence electrons. The van der Waals surface area contributed by atoms with E-state index in [1.54, 1.807) is 6.20 Å². The SMILES string of the molecule is CC1CN(C)CCCN1c1nnccc1CN. The third kappa shape index (κ3) is 2.73. The molecule has 0 radical (unpaired) electrons. The van der Waals surface area contributed by atoms with Crippen molar-refractivity contribution in [3.05, 3.63) is 17.8 Å². The second-order valence-electron chi connectivity index (χ2n) is 4.74. The Bertz CT molecular complexity index is 368. The highest BCUT2D eigenvalue weighted by molar-refractivity contribution is 5.46. The van der Waals surface area contributed by atoms with Crippen molar-refractivity contribution in [1.82, 2.24) is 15.1 Å². The summed E-state index contributed by atoms with van der Waals surface area (Å²) in [6.45, 7) is 5.97. The predicted octanol–water partition coefficient (Wildman–Crippen LogP) is 0.466. The van der Waals surface area contributed by atoms with Gasteiger partial charge in [-0.2, -0.15) is 5.10 Å². The van der Waals surface area contributed by atoms with Crippen LogP contribution in [0.2, 0.25) is 0 Å². The Labute approximate surface area is 103 Å². The maximum Gasteiger partial charge on any atom is 0.156 e. The van der Waals surface area contributed by atoms with Crippen LogP contribution in [0.15, 0.2) is 12.3 Å². The Balaban J connectivity index is 2.25. The van der Waals surface area contributed by atoms with Crippen molar-refractivity contribution in [2.75, 3.05) is 31.6 Å². The quantitative estimate of drug-likeness (QED) is 0.807. The van der Waals surface area contributed by atoms with Crippen LogP contribution >= 0.6 is 0 Å². The first-order chi connectivity index (χ1) is 8.22. The number of likely N-dealkylation sites (N-methyl/N-ethyl adjacent to an activating group) is 1. The topological polar surface area (TPSA) is 58.3 Å². The molecule has 0 aromatic carbocycles. The van der Waals surface area contributed by atoms with Crippen LogP contribution in [0, 0.1) is 0 Å². The van der Waals surface area contributed by atoms with E-state index in [9.17, 15) is 0 Å². The lowest BCUT2D eigenvalue weighted by Crippen LogP contribution is -2.39. The first-order valence-corrected chi connectivity index (χ1v) is 6.18. The minimum atomic E-state index is 0.449. The van der Waals surface area contributed by atoms with E-state index in [0.29, 0.717) is 12.6 Å². The number of nitrogens with zero attached hydrogens (tertiary/aromatic N) is 4. The normalized spacial score (nSPS) is 22.5. The Morgan fingerprint density at radius 3 is 3.06 bits per heavy atom. The van der Waals surface area contributed by atoms with Gasteiger partial charge in [0.05, 0.1) is 6.20 Å². The molecule has 1 saturated heterocycles. The molecule has 2 rings (SSSR count). The molecule has 1 unspecified atom stereocenters. The molecule has 0 aliphatic carbocycles. The average molecular weight is 235 g/mol. The van der Waals surface area contributed by atoms with Crippen molar-refractivity contribution in [3.63, 3.8) is 0 Å². The van der Waals surface area contributed by atoms with E-state index >= 15 is 0 Å². The van der Waals surface area contributed by atoms with Crippen LogP contribution < -0.4 is 10.6 Å². The van der Waals surface area contributed by atoms with Crippen molar-refractivity contribution in [2.24, 2.45) is 5.73 Å². The van der Waals surface area contributed by atoms with Crippen LogP contribution in [-0.4, -0.2) is 47.8 Å². The third-order valence-corrected chi connectivity index (χ3v) is 3.32. The zero-order valence-corrected chi connectivity index (χ0v) is 10.6. The lowest BCUT2D eigenvalue weighted by atomic mass is 10.2. The maximum absolute atomic E-state index is 5.76. The fraction of sp³-hybridized carbons (Fsp3) is 0.667. The van der Waals surface area contributed by atoms with Gasteiger partial charge in [0.2, 0.25) is 0 Å². The van der Waals surface area contributed by atoms with Crippen LogP contribution in [0.25, 0.3) is 0 Å². The van der Waals surface area contributed by atoms with Crippen molar-refractivity contribution >= 4 is 5.82 Å². The minimum absolute atomic E-state index is 0.449. The molecule has 0 amide bonds. The number of aromatic nitrogens is 2. The maximum atomic E-state index is 5.76. The summed E-state index contributed by atoms with van der Waals surface area (Å²) in [4.78, 5) is 4.70. The standard InChI is InChI=1S/C12H21N5/c1-10-9-16(2)6-3-7-17(10)12-11(8-13)4-5-14-15-12/h4-5,10H,3,6-9,13H2,1-2H3. The van der Waals surface area contributed by atoms with Crippen LogP contribution in [0.4, 0.5) is 5.82 Å². The van der Waals surface area contributed by atoms with Gasteiger partial charge >= 0.3 is 0 Å². The van der Waals surface area contributed by atoms with Gasteiger partial charge < -0.3 is 15.5 Å². The van der Waals surface area contributed by atoms with Gasteiger partial charge in [0.1, 0.15) is 0 Å². The molecule has 5 heteroatoms. The van der Waals surface area contributed by atoms with E-state index in [4.69, 9.17) is 5.73 Å². The summed E-state index contributed by atoms with van der Waals surface area (Å²) in [7, 11) is 2.17. The summed E-state index contributed by atoms with van der Waals surface area (Å²) in [5.41, 5.74) is 6.84. The highest BCUT2D eigenvalue weighted by Crippen LogP contribution is 2.20. The van der Waals surface area contributed by atoms with Crippen LogP contribution in [0.3, 0.4) is 0 Å². The van der Waals surface area contributed by atoms with Crippen LogP contribution in [0.1, 0.15) is 18.9 Å². The van der Waals surface area contributed by atoms with Gasteiger partial charge in [-0.1, -0.05) is 0 Å². The van der Waals surface area contributed by atoms with Crippen molar-refractivity contribution < 1.29 is 0 Å². The summed E-state index contributed by atoms with van der Waals surface area (Å²) < 4.78 is 0. The molecule has 0 saturated carbocycles. The molecule has 0 bridgehead atoms. The zero-order valence-electron chi connectivity index (χ0n) is 10.6. The van der Waals surface area contributed by atoms with Crippen molar-refractivity contribution in [1.29, 1.82) is 0 Å². The number of anilines is 1. The zero-order chi connectivity index (χ0) is 12.3. The van der Waals surface area contributed by atoms with E-state index in [-0.39, 0.29) is 0 Å². The number of nitrogens with two attached hydrogens (primary N) is 1. The van der Waals surface area contributed by atoms with E-state index in [1.165, 1.54) is 0 Å². The Morgan fingerprint density at radius 1 is 1.47 bits per heavy atom. The second-order valence-corrected chi connectivity index (χ2v) is 4.74. The second kappa shape index (κ2) is 5.42. The highest BCUT2D eigenvalue weighted by Gasteiger charge is 2.22. The molecule has 1 aliphatic rings. The van der Waals surface area contributed by atoms with E-state index in [0.717, 1.165) is 37.4 Å². The van der Waals surface area contributed by atoms with Gasteiger partial charge in [0.25, 0.3) is 0 Å². The van der Waals surface area contributed by atoms with Gasteiger partial charge in [-0.15, -0.1) is 5.10 Å². The van der Waals surface area contributed by atoms with Gasteiger partial charge in [-0.3, -0.25) is 0 Å². The lowest BCUT2D eigenvalue weighted by Gasteiger charge is -2.29. The molecule has 17 heavy (non-hydrogen) atoms. The summed E-state index contributed by atoms with van der Waals surface area (Å²) in [5, 5.41) is 8.26. The Hall–Kier alpha value is -1.20. The highest BCUT2D eigenvalue weighted by atomic mass is 15.3. The van der Waals surface area contributed by atoms with E-state index < -0.39 is 0 Å². The monoisotopic (exact) mass is 235 g/mol. The van der Waals surface area contributed by atoms with Crippen molar-refractivity contribution in [2.45, 2.75) is 25.9 Å². The first kappa shape index (κ1) is 12.3. The Morgan fingerprint density at radius 2 is 2.29 bits per heavy atom. The van der Waals surface area contributed by atoms with Crippen molar-refractivity contribution in [3.8, 4) is 0 Å². The molecule has 1 fully saturated rings. The van der Waals surface area contributed by atoms with Gasteiger partial charge in [0.15, 0.2) is 5.82 Å².